The molecule has 1 heterocycles. The number of phosphoric ester groups is 1. The van der Waals surface area contributed by atoms with E-state index in [0.29, 0.717) is 12.3 Å². The van der Waals surface area contributed by atoms with Crippen molar-refractivity contribution >= 4 is 7.82 Å². The van der Waals surface area contributed by atoms with E-state index < -0.39 is 32.4 Å². The predicted octanol–water partition coefficient (Wildman–Crippen LogP) is 3.06. The van der Waals surface area contributed by atoms with Gasteiger partial charge in [-0.1, -0.05) is 30.2 Å². The lowest BCUT2D eigenvalue weighted by molar-refractivity contribution is -0.246. The number of aliphatic hydroxyl groups is 3. The molecule has 9 heteroatoms. The van der Waals surface area contributed by atoms with Crippen molar-refractivity contribution in [1.29, 1.82) is 0 Å². The third kappa shape index (κ3) is 10.9. The molecular formula is C20H37O8P. The molecule has 0 aromatic carbocycles. The van der Waals surface area contributed by atoms with Crippen LogP contribution in [0.1, 0.15) is 59.8 Å². The smallest absolute Gasteiger partial charge is 0.388 e. The van der Waals surface area contributed by atoms with E-state index in [9.17, 15) is 24.8 Å². The largest absolute Gasteiger partial charge is 0.474 e. The monoisotopic (exact) mass is 436 g/mol. The molecule has 3 unspecified atom stereocenters. The van der Waals surface area contributed by atoms with Crippen LogP contribution >= 0.6 is 7.82 Å². The van der Waals surface area contributed by atoms with Gasteiger partial charge in [0.1, 0.15) is 18.3 Å². The van der Waals surface area contributed by atoms with Gasteiger partial charge >= 0.3 is 7.82 Å². The highest BCUT2D eigenvalue weighted by Crippen LogP contribution is 2.46. The number of rotatable bonds is 12. The summed E-state index contributed by atoms with van der Waals surface area (Å²) < 4.78 is 26.7. The second-order valence-electron chi connectivity index (χ2n) is 8.00. The van der Waals surface area contributed by atoms with Gasteiger partial charge in [-0.15, -0.1) is 0 Å². The zero-order valence-corrected chi connectivity index (χ0v) is 18.8. The molecule has 8 nitrogen and oxygen atoms in total. The SMILES string of the molecule is CC(C)=CCC/C(C)=C/CCC(C)CCOP(=O)(O)OC1OC[C@@H](O)[C@H](O)[C@H]1O. The van der Waals surface area contributed by atoms with Crippen molar-refractivity contribution in [2.75, 3.05) is 13.2 Å². The van der Waals surface area contributed by atoms with Crippen molar-refractivity contribution in [2.24, 2.45) is 5.92 Å². The van der Waals surface area contributed by atoms with Crippen LogP contribution in [0, 0.1) is 5.92 Å². The molecule has 0 radical (unpaired) electrons. The van der Waals surface area contributed by atoms with Crippen molar-refractivity contribution in [3.05, 3.63) is 23.3 Å². The minimum Gasteiger partial charge on any atom is -0.388 e. The molecule has 170 valence electrons. The number of phosphoric acid groups is 1. The molecule has 0 bridgehead atoms. The highest BCUT2D eigenvalue weighted by molar-refractivity contribution is 7.47. The fourth-order valence-corrected chi connectivity index (χ4v) is 3.70. The maximum Gasteiger partial charge on any atom is 0.474 e. The molecule has 0 saturated carbocycles. The molecule has 4 N–H and O–H groups in total. The average molecular weight is 436 g/mol. The van der Waals surface area contributed by atoms with Gasteiger partial charge in [0.25, 0.3) is 0 Å². The fraction of sp³-hybridized carbons (Fsp3) is 0.800. The highest BCUT2D eigenvalue weighted by atomic mass is 31.2. The zero-order valence-electron chi connectivity index (χ0n) is 17.9. The fourth-order valence-electron chi connectivity index (χ4n) is 2.85. The van der Waals surface area contributed by atoms with E-state index >= 15 is 0 Å². The maximum absolute atomic E-state index is 12.0. The molecule has 1 rings (SSSR count). The molecule has 1 aliphatic heterocycles. The third-order valence-corrected chi connectivity index (χ3v) is 5.78. The van der Waals surface area contributed by atoms with E-state index in [1.807, 2.05) is 6.92 Å². The quantitative estimate of drug-likeness (QED) is 0.272. The molecule has 6 atom stereocenters. The number of allylic oxidation sites excluding steroid dienone is 4. The van der Waals surface area contributed by atoms with Gasteiger partial charge in [0.15, 0.2) is 6.29 Å². The van der Waals surface area contributed by atoms with Crippen LogP contribution in [0.3, 0.4) is 0 Å². The van der Waals surface area contributed by atoms with Crippen molar-refractivity contribution in [3.8, 4) is 0 Å². The van der Waals surface area contributed by atoms with Crippen LogP contribution in [0.2, 0.25) is 0 Å². The van der Waals surface area contributed by atoms with E-state index in [2.05, 4.69) is 32.9 Å². The second-order valence-corrected chi connectivity index (χ2v) is 9.41. The first-order valence-electron chi connectivity index (χ1n) is 10.1. The van der Waals surface area contributed by atoms with Crippen molar-refractivity contribution in [2.45, 2.75) is 84.4 Å². The van der Waals surface area contributed by atoms with Crippen molar-refractivity contribution in [3.63, 3.8) is 0 Å². The normalized spacial score (nSPS) is 28.6. The molecule has 0 aromatic rings. The minimum atomic E-state index is -4.46. The lowest BCUT2D eigenvalue weighted by atomic mass is 10.0. The summed E-state index contributed by atoms with van der Waals surface area (Å²) in [6.45, 7) is 8.07. The van der Waals surface area contributed by atoms with Crippen molar-refractivity contribution < 1.29 is 38.6 Å². The van der Waals surface area contributed by atoms with Gasteiger partial charge in [0.05, 0.1) is 13.2 Å². The average Bonchev–Trinajstić information content (AvgIpc) is 2.61. The summed E-state index contributed by atoms with van der Waals surface area (Å²) in [5.41, 5.74) is 2.69. The maximum atomic E-state index is 12.0. The summed E-state index contributed by atoms with van der Waals surface area (Å²) in [4.78, 5) is 9.78. The Labute approximate surface area is 173 Å². The summed E-state index contributed by atoms with van der Waals surface area (Å²) in [7, 11) is -4.46. The van der Waals surface area contributed by atoms with Crippen molar-refractivity contribution in [1.82, 2.24) is 0 Å². The summed E-state index contributed by atoms with van der Waals surface area (Å²) in [6.07, 6.45) is 3.03. The molecule has 1 fully saturated rings. The lowest BCUT2D eigenvalue weighted by Crippen LogP contribution is -2.53. The number of ether oxygens (including phenoxy) is 1. The first kappa shape index (κ1) is 26.5. The molecular weight excluding hydrogens is 399 g/mol. The van der Waals surface area contributed by atoms with Gasteiger partial charge in [0, 0.05) is 0 Å². The Bertz CT molecular complexity index is 587. The van der Waals surface area contributed by atoms with Gasteiger partial charge in [-0.05, 0) is 58.8 Å². The van der Waals surface area contributed by atoms with Crippen LogP contribution in [0.4, 0.5) is 0 Å². The second kappa shape index (κ2) is 13.0. The van der Waals surface area contributed by atoms with Crippen LogP contribution in [0.25, 0.3) is 0 Å². The molecule has 0 aromatic heterocycles. The van der Waals surface area contributed by atoms with Gasteiger partial charge < -0.3 is 24.9 Å². The zero-order chi connectivity index (χ0) is 22.0. The van der Waals surface area contributed by atoms with Gasteiger partial charge in [-0.25, -0.2) is 4.57 Å². The summed E-state index contributed by atoms with van der Waals surface area (Å²) in [6, 6.07) is 0. The van der Waals surface area contributed by atoms with Crippen LogP contribution in [0.15, 0.2) is 23.3 Å². The van der Waals surface area contributed by atoms with E-state index in [1.165, 1.54) is 11.1 Å². The standard InChI is InChI=1S/C20H37O8P/c1-14(2)7-5-8-15(3)9-6-10-16(4)11-12-27-29(24,25)28-20-19(23)18(22)17(21)13-26-20/h7,9,16-23H,5-6,8,10-13H2,1-4H3,(H,24,25)/b15-9+/t16?,17-,18+,19-,20?/m1/s1. The number of aliphatic hydroxyl groups excluding tert-OH is 3. The topological polar surface area (TPSA) is 126 Å². The molecule has 29 heavy (non-hydrogen) atoms. The van der Waals surface area contributed by atoms with E-state index in [1.54, 1.807) is 0 Å². The molecule has 1 aliphatic rings. The lowest BCUT2D eigenvalue weighted by Gasteiger charge is -2.35. The van der Waals surface area contributed by atoms with Crippen LogP contribution in [-0.2, 0) is 18.3 Å². The Morgan fingerprint density at radius 3 is 2.48 bits per heavy atom. The van der Waals surface area contributed by atoms with Gasteiger partial charge in [0.2, 0.25) is 0 Å². The van der Waals surface area contributed by atoms with E-state index in [-0.39, 0.29) is 13.2 Å². The Kier molecular flexibility index (Phi) is 11.8. The van der Waals surface area contributed by atoms with Gasteiger partial charge in [-0.3, -0.25) is 9.05 Å². The summed E-state index contributed by atoms with van der Waals surface area (Å²) >= 11 is 0. The van der Waals surface area contributed by atoms with Crippen LogP contribution < -0.4 is 0 Å². The number of hydrogen-bond donors (Lipinski definition) is 4. The van der Waals surface area contributed by atoms with Crippen LogP contribution in [0.5, 0.6) is 0 Å². The first-order chi connectivity index (χ1) is 13.5. The Hall–Kier alpha value is -0.570. The summed E-state index contributed by atoms with van der Waals surface area (Å²) in [5.74, 6) is 0.297. The molecule has 0 amide bonds. The Morgan fingerprint density at radius 1 is 1.14 bits per heavy atom. The number of hydrogen-bond acceptors (Lipinski definition) is 7. The van der Waals surface area contributed by atoms with Crippen LogP contribution in [-0.4, -0.2) is 58.0 Å². The minimum absolute atomic E-state index is 0.0200. The molecule has 1 saturated heterocycles. The van der Waals surface area contributed by atoms with E-state index in [4.69, 9.17) is 13.8 Å². The highest BCUT2D eigenvalue weighted by Gasteiger charge is 2.42. The third-order valence-electron chi connectivity index (χ3n) is 4.80. The first-order valence-corrected chi connectivity index (χ1v) is 11.6. The summed E-state index contributed by atoms with van der Waals surface area (Å²) in [5, 5.41) is 28.7. The predicted molar refractivity (Wildman–Crippen MR) is 110 cm³/mol. The molecule has 0 spiro atoms. The Morgan fingerprint density at radius 2 is 1.83 bits per heavy atom. The Balaban J connectivity index is 2.27. The van der Waals surface area contributed by atoms with E-state index in [0.717, 1.165) is 25.7 Å². The molecule has 0 aliphatic carbocycles. The van der Waals surface area contributed by atoms with Gasteiger partial charge in [-0.2, -0.15) is 0 Å².